The van der Waals surface area contributed by atoms with E-state index in [-0.39, 0.29) is 18.2 Å². The molecule has 0 aromatic carbocycles. The van der Waals surface area contributed by atoms with Gasteiger partial charge in [0.25, 0.3) is 5.91 Å². The Morgan fingerprint density at radius 3 is 3.00 bits per heavy atom. The Kier molecular flexibility index (Phi) is 5.05. The van der Waals surface area contributed by atoms with Crippen LogP contribution in [-0.2, 0) is 11.3 Å². The summed E-state index contributed by atoms with van der Waals surface area (Å²) >= 11 is 4.74. The molecule has 1 aromatic rings. The Labute approximate surface area is 105 Å². The van der Waals surface area contributed by atoms with Crippen LogP contribution in [0.1, 0.15) is 22.7 Å². The van der Waals surface area contributed by atoms with Gasteiger partial charge in [0, 0.05) is 33.2 Å². The number of ether oxygens (including phenoxy) is 1. The number of nitrogens with two attached hydrogens (primary N) is 1. The first kappa shape index (κ1) is 13.6. The average molecular weight is 257 g/mol. The number of rotatable bonds is 6. The highest BCUT2D eigenvalue weighted by atomic mass is 32.1. The summed E-state index contributed by atoms with van der Waals surface area (Å²) in [5.74, 6) is 0.283. The molecule has 0 aliphatic heterocycles. The lowest BCUT2D eigenvalue weighted by atomic mass is 10.3. The van der Waals surface area contributed by atoms with E-state index in [0.717, 1.165) is 0 Å². The third-order valence-corrected chi connectivity index (χ3v) is 2.31. The van der Waals surface area contributed by atoms with Crippen molar-refractivity contribution in [2.75, 3.05) is 20.7 Å². The molecular formula is C10H15N3O3S. The van der Waals surface area contributed by atoms with Crippen LogP contribution in [0.25, 0.3) is 0 Å². The van der Waals surface area contributed by atoms with Crippen LogP contribution < -0.4 is 5.73 Å². The van der Waals surface area contributed by atoms with Crippen molar-refractivity contribution < 1.29 is 14.1 Å². The summed E-state index contributed by atoms with van der Waals surface area (Å²) in [7, 11) is 3.20. The van der Waals surface area contributed by atoms with Crippen molar-refractivity contribution in [1.29, 1.82) is 0 Å². The molecule has 2 N–H and O–H groups in total. The summed E-state index contributed by atoms with van der Waals surface area (Å²) in [6, 6.07) is 1.56. The molecule has 6 nitrogen and oxygen atoms in total. The third-order valence-electron chi connectivity index (χ3n) is 2.10. The van der Waals surface area contributed by atoms with Gasteiger partial charge in [-0.1, -0.05) is 17.4 Å². The van der Waals surface area contributed by atoms with Crippen LogP contribution in [0, 0.1) is 0 Å². The molecule has 0 fully saturated rings. The van der Waals surface area contributed by atoms with Crippen molar-refractivity contribution in [3.63, 3.8) is 0 Å². The fourth-order valence-electron chi connectivity index (χ4n) is 1.20. The van der Waals surface area contributed by atoms with E-state index in [1.165, 1.54) is 4.90 Å². The van der Waals surface area contributed by atoms with Gasteiger partial charge < -0.3 is 19.9 Å². The fourth-order valence-corrected chi connectivity index (χ4v) is 1.29. The molecular weight excluding hydrogens is 242 g/mol. The number of aromatic nitrogens is 1. The van der Waals surface area contributed by atoms with E-state index >= 15 is 0 Å². The number of methoxy groups -OCH3 is 1. The van der Waals surface area contributed by atoms with E-state index in [4.69, 9.17) is 27.2 Å². The Morgan fingerprint density at radius 2 is 2.41 bits per heavy atom. The van der Waals surface area contributed by atoms with Crippen LogP contribution in [-0.4, -0.2) is 41.7 Å². The van der Waals surface area contributed by atoms with Crippen molar-refractivity contribution in [3.05, 3.63) is 17.5 Å². The molecule has 1 aromatic heterocycles. The van der Waals surface area contributed by atoms with E-state index in [9.17, 15) is 4.79 Å². The van der Waals surface area contributed by atoms with E-state index in [1.807, 2.05) is 0 Å². The molecule has 1 heterocycles. The molecule has 17 heavy (non-hydrogen) atoms. The van der Waals surface area contributed by atoms with Gasteiger partial charge in [-0.25, -0.2) is 0 Å². The lowest BCUT2D eigenvalue weighted by Crippen LogP contribution is -2.30. The van der Waals surface area contributed by atoms with E-state index < -0.39 is 0 Å². The van der Waals surface area contributed by atoms with Gasteiger partial charge in [-0.2, -0.15) is 0 Å². The first-order valence-corrected chi connectivity index (χ1v) is 5.43. The van der Waals surface area contributed by atoms with E-state index in [1.54, 1.807) is 20.2 Å². The van der Waals surface area contributed by atoms with Crippen molar-refractivity contribution in [1.82, 2.24) is 10.1 Å². The number of amides is 1. The maximum absolute atomic E-state index is 11.9. The first-order chi connectivity index (χ1) is 8.04. The van der Waals surface area contributed by atoms with E-state index in [0.29, 0.717) is 23.7 Å². The van der Waals surface area contributed by atoms with Gasteiger partial charge >= 0.3 is 0 Å². The summed E-state index contributed by atoms with van der Waals surface area (Å²) in [6.07, 6.45) is 0.486. The predicted octanol–water partition coefficient (Wildman–Crippen LogP) is 0.569. The number of hydrogen-bond acceptors (Lipinski definition) is 5. The lowest BCUT2D eigenvalue weighted by molar-refractivity contribution is 0.0788. The Bertz CT molecular complexity index is 405. The molecule has 94 valence electrons. The number of hydrogen-bond donors (Lipinski definition) is 1. The Balaban J connectivity index is 2.58. The first-order valence-electron chi connectivity index (χ1n) is 5.03. The molecule has 0 aliphatic rings. The topological polar surface area (TPSA) is 81.6 Å². The molecule has 0 unspecified atom stereocenters. The fraction of sp³-hybridized carbons (Fsp3) is 0.500. The van der Waals surface area contributed by atoms with Gasteiger partial charge in [0.15, 0.2) is 11.5 Å². The van der Waals surface area contributed by atoms with Crippen molar-refractivity contribution in [2.45, 2.75) is 13.0 Å². The molecule has 1 amide bonds. The maximum Gasteiger partial charge on any atom is 0.275 e. The number of nitrogens with zero attached hydrogens (tertiary/aromatic N) is 2. The van der Waals surface area contributed by atoms with E-state index in [2.05, 4.69) is 5.16 Å². The molecule has 1 rings (SSSR count). The van der Waals surface area contributed by atoms with Crippen molar-refractivity contribution in [2.24, 2.45) is 5.73 Å². The minimum absolute atomic E-state index is 0.229. The molecule has 7 heteroatoms. The van der Waals surface area contributed by atoms with Gasteiger partial charge in [-0.3, -0.25) is 4.79 Å². The molecule has 0 bridgehead atoms. The molecule has 0 saturated heterocycles. The summed E-state index contributed by atoms with van der Waals surface area (Å²) < 4.78 is 9.80. The summed E-state index contributed by atoms with van der Waals surface area (Å²) in [5, 5.41) is 3.67. The number of thiocarbonyl (C=S) groups is 1. The summed E-state index contributed by atoms with van der Waals surface area (Å²) in [5.41, 5.74) is 5.62. The van der Waals surface area contributed by atoms with Crippen molar-refractivity contribution in [3.8, 4) is 0 Å². The van der Waals surface area contributed by atoms with Gasteiger partial charge in [-0.05, 0) is 0 Å². The molecule has 0 atom stereocenters. The second-order valence-corrected chi connectivity index (χ2v) is 4.08. The molecule has 0 saturated carbocycles. The van der Waals surface area contributed by atoms with Crippen LogP contribution in [0.4, 0.5) is 0 Å². The van der Waals surface area contributed by atoms with Crippen LogP contribution in [0.15, 0.2) is 10.6 Å². The van der Waals surface area contributed by atoms with Gasteiger partial charge in [-0.15, -0.1) is 0 Å². The van der Waals surface area contributed by atoms with Gasteiger partial charge in [0.1, 0.15) is 6.61 Å². The van der Waals surface area contributed by atoms with Crippen molar-refractivity contribution >= 4 is 23.1 Å². The second-order valence-electron chi connectivity index (χ2n) is 3.55. The smallest absolute Gasteiger partial charge is 0.275 e. The minimum atomic E-state index is -0.229. The van der Waals surface area contributed by atoms with Crippen LogP contribution in [0.2, 0.25) is 0 Å². The predicted molar refractivity (Wildman–Crippen MR) is 65.6 cm³/mol. The highest BCUT2D eigenvalue weighted by Crippen LogP contribution is 2.07. The third kappa shape index (κ3) is 4.12. The molecule has 0 radical (unpaired) electrons. The molecule has 0 aliphatic carbocycles. The maximum atomic E-state index is 11.9. The minimum Gasteiger partial charge on any atom is -0.393 e. The van der Waals surface area contributed by atoms with Gasteiger partial charge in [0.05, 0.1) is 4.99 Å². The zero-order chi connectivity index (χ0) is 12.8. The Hall–Kier alpha value is -1.47. The number of carbonyl (C=O) groups excluding carboxylic acids is 1. The SMILES string of the molecule is COCc1cc(C(=O)N(C)CCC(N)=S)no1. The standard InChI is InChI=1S/C10H15N3O3S/c1-13(4-3-9(11)17)10(14)8-5-7(6-15-2)16-12-8/h5H,3-4,6H2,1-2H3,(H2,11,17). The monoisotopic (exact) mass is 257 g/mol. The van der Waals surface area contributed by atoms with Crippen LogP contribution in [0.5, 0.6) is 0 Å². The van der Waals surface area contributed by atoms with Crippen LogP contribution >= 0.6 is 12.2 Å². The quantitative estimate of drug-likeness (QED) is 0.750. The highest BCUT2D eigenvalue weighted by Gasteiger charge is 2.16. The number of carbonyl (C=O) groups is 1. The summed E-state index contributed by atoms with van der Waals surface area (Å²) in [6.45, 7) is 0.748. The normalized spacial score (nSPS) is 10.2. The van der Waals surface area contributed by atoms with Gasteiger partial charge in [0.2, 0.25) is 0 Å². The zero-order valence-corrected chi connectivity index (χ0v) is 10.6. The zero-order valence-electron chi connectivity index (χ0n) is 9.80. The van der Waals surface area contributed by atoms with Crippen LogP contribution in [0.3, 0.4) is 0 Å². The largest absolute Gasteiger partial charge is 0.393 e. The average Bonchev–Trinajstić information content (AvgIpc) is 2.74. The second kappa shape index (κ2) is 6.31. The highest BCUT2D eigenvalue weighted by molar-refractivity contribution is 7.80. The lowest BCUT2D eigenvalue weighted by Gasteiger charge is -2.14. The summed E-state index contributed by atoms with van der Waals surface area (Å²) in [4.78, 5) is 13.7. The Morgan fingerprint density at radius 1 is 1.71 bits per heavy atom. The molecule has 0 spiro atoms.